The van der Waals surface area contributed by atoms with Gasteiger partial charge >= 0.3 is 0 Å². The predicted octanol–water partition coefficient (Wildman–Crippen LogP) is 4.91. The third kappa shape index (κ3) is 5.68. The largest absolute Gasteiger partial charge is 0.494 e. The molecule has 0 unspecified atom stereocenters. The van der Waals surface area contributed by atoms with Gasteiger partial charge in [-0.05, 0) is 62.6 Å². The highest BCUT2D eigenvalue weighted by Crippen LogP contribution is 2.32. The highest BCUT2D eigenvalue weighted by molar-refractivity contribution is 8.01. The summed E-state index contributed by atoms with van der Waals surface area (Å²) < 4.78 is 35.3. The minimum Gasteiger partial charge on any atom is -0.494 e. The number of rotatable bonds is 8. The molecule has 0 bridgehead atoms. The highest BCUT2D eigenvalue weighted by atomic mass is 32.2. The molecule has 1 aliphatic heterocycles. The van der Waals surface area contributed by atoms with Gasteiger partial charge in [-0.15, -0.1) is 11.3 Å². The normalized spacial score (nSPS) is 15.0. The van der Waals surface area contributed by atoms with E-state index in [2.05, 4.69) is 10.3 Å². The number of aromatic nitrogens is 1. The van der Waals surface area contributed by atoms with Crippen molar-refractivity contribution in [3.8, 4) is 5.75 Å². The van der Waals surface area contributed by atoms with Crippen LogP contribution in [0, 0.1) is 6.92 Å². The van der Waals surface area contributed by atoms with Crippen LogP contribution in [-0.4, -0.2) is 49.1 Å². The van der Waals surface area contributed by atoms with Crippen molar-refractivity contribution in [1.29, 1.82) is 0 Å². The summed E-state index contributed by atoms with van der Waals surface area (Å²) in [6, 6.07) is 10.9. The van der Waals surface area contributed by atoms with Crippen molar-refractivity contribution in [2.24, 2.45) is 0 Å². The summed E-state index contributed by atoms with van der Waals surface area (Å²) in [6.45, 7) is 5.42. The molecule has 33 heavy (non-hydrogen) atoms. The van der Waals surface area contributed by atoms with E-state index in [-0.39, 0.29) is 16.6 Å². The van der Waals surface area contributed by atoms with Crippen LogP contribution in [0.5, 0.6) is 5.75 Å². The fraction of sp³-hybridized carbons (Fsp3) is 0.391. The molecule has 1 saturated heterocycles. The van der Waals surface area contributed by atoms with Crippen LogP contribution in [0.3, 0.4) is 0 Å². The van der Waals surface area contributed by atoms with Crippen LogP contribution in [0.4, 0.5) is 5.69 Å². The molecule has 1 amide bonds. The van der Waals surface area contributed by atoms with Crippen molar-refractivity contribution in [2.75, 3.05) is 30.8 Å². The Morgan fingerprint density at radius 1 is 1.18 bits per heavy atom. The number of thioether (sulfide) groups is 1. The van der Waals surface area contributed by atoms with Gasteiger partial charge in [-0.1, -0.05) is 24.2 Å². The Morgan fingerprint density at radius 2 is 1.97 bits per heavy atom. The molecule has 0 aliphatic carbocycles. The first-order valence-electron chi connectivity index (χ1n) is 10.9. The zero-order valence-corrected chi connectivity index (χ0v) is 21.1. The fourth-order valence-electron chi connectivity index (χ4n) is 3.71. The molecular weight excluding hydrogens is 478 g/mol. The Bertz CT molecular complexity index is 1250. The lowest BCUT2D eigenvalue weighted by molar-refractivity contribution is -0.113. The van der Waals surface area contributed by atoms with Gasteiger partial charge < -0.3 is 10.1 Å². The molecule has 2 heterocycles. The Balaban J connectivity index is 1.46. The molecule has 0 atom stereocenters. The number of carbonyl (C=O) groups excluding carboxylic acids is 1. The smallest absolute Gasteiger partial charge is 0.245 e. The van der Waals surface area contributed by atoms with E-state index in [1.807, 2.05) is 38.1 Å². The van der Waals surface area contributed by atoms with Gasteiger partial charge in [0, 0.05) is 13.1 Å². The lowest BCUT2D eigenvalue weighted by Gasteiger charge is -2.27. The number of aryl methyl sites for hydroxylation is 1. The maximum atomic E-state index is 13.2. The van der Waals surface area contributed by atoms with Gasteiger partial charge in [-0.3, -0.25) is 4.79 Å². The summed E-state index contributed by atoms with van der Waals surface area (Å²) in [5, 5.41) is 2.80. The van der Waals surface area contributed by atoms with E-state index in [0.717, 1.165) is 45.1 Å². The zero-order valence-electron chi connectivity index (χ0n) is 18.7. The van der Waals surface area contributed by atoms with E-state index >= 15 is 0 Å². The number of amides is 1. The molecule has 0 radical (unpaired) electrons. The number of benzene rings is 2. The van der Waals surface area contributed by atoms with Gasteiger partial charge in [0.25, 0.3) is 0 Å². The van der Waals surface area contributed by atoms with Gasteiger partial charge in [0.05, 0.1) is 28.3 Å². The number of thiazole rings is 1. The van der Waals surface area contributed by atoms with Crippen LogP contribution in [0.2, 0.25) is 0 Å². The molecule has 10 heteroatoms. The third-order valence-electron chi connectivity index (χ3n) is 5.32. The Hall–Kier alpha value is -2.14. The first-order valence-corrected chi connectivity index (χ1v) is 14.2. The van der Waals surface area contributed by atoms with E-state index in [4.69, 9.17) is 4.74 Å². The number of nitrogens with zero attached hydrogens (tertiary/aromatic N) is 2. The van der Waals surface area contributed by atoms with Crippen molar-refractivity contribution in [3.05, 3.63) is 42.0 Å². The number of fused-ring (bicyclic) bond motifs is 1. The van der Waals surface area contributed by atoms with Crippen LogP contribution in [-0.2, 0) is 14.8 Å². The first kappa shape index (κ1) is 24.0. The van der Waals surface area contributed by atoms with Crippen LogP contribution < -0.4 is 10.1 Å². The Kier molecular flexibility index (Phi) is 7.58. The molecule has 1 N–H and O–H groups in total. The average molecular weight is 506 g/mol. The summed E-state index contributed by atoms with van der Waals surface area (Å²) in [5.41, 5.74) is 2.01. The number of hydrogen-bond donors (Lipinski definition) is 1. The standard InChI is InChI=1S/C23H27N3O4S3/c1-3-30-17-8-10-18-20(14-17)32-23(25-18)31-15-22(27)24-19-9-7-16(2)13-21(19)33(28,29)26-11-5-4-6-12-26/h7-10,13-14H,3-6,11-12,15H2,1-2H3,(H,24,27). The van der Waals surface area contributed by atoms with Gasteiger partial charge in [-0.25, -0.2) is 13.4 Å². The lowest BCUT2D eigenvalue weighted by atomic mass is 10.2. The van der Waals surface area contributed by atoms with E-state index in [0.29, 0.717) is 25.4 Å². The Labute approximate surface area is 202 Å². The first-order chi connectivity index (χ1) is 15.9. The quantitative estimate of drug-likeness (QED) is 0.438. The molecule has 2 aromatic carbocycles. The molecule has 3 aromatic rings. The Morgan fingerprint density at radius 3 is 2.73 bits per heavy atom. The van der Waals surface area contributed by atoms with Gasteiger partial charge in [-0.2, -0.15) is 4.31 Å². The van der Waals surface area contributed by atoms with E-state index in [1.54, 1.807) is 12.1 Å². The second-order valence-electron chi connectivity index (χ2n) is 7.84. The molecule has 1 aromatic heterocycles. The molecule has 176 valence electrons. The zero-order chi connectivity index (χ0) is 23.4. The number of hydrogen-bond acceptors (Lipinski definition) is 7. The van der Waals surface area contributed by atoms with Crippen LogP contribution in [0.1, 0.15) is 31.7 Å². The lowest BCUT2D eigenvalue weighted by Crippen LogP contribution is -2.36. The maximum Gasteiger partial charge on any atom is 0.245 e. The molecule has 0 saturated carbocycles. The summed E-state index contributed by atoms with van der Waals surface area (Å²) in [5.74, 6) is 0.660. The SMILES string of the molecule is CCOc1ccc2nc(SCC(=O)Nc3ccc(C)cc3S(=O)(=O)N3CCCCC3)sc2c1. The molecule has 0 spiro atoms. The van der Waals surface area contributed by atoms with Crippen molar-refractivity contribution < 1.29 is 17.9 Å². The maximum absolute atomic E-state index is 13.2. The number of anilines is 1. The van der Waals surface area contributed by atoms with Gasteiger partial charge in [0.2, 0.25) is 15.9 Å². The number of piperidine rings is 1. The second-order valence-corrected chi connectivity index (χ2v) is 12.0. The van der Waals surface area contributed by atoms with E-state index in [1.165, 1.54) is 27.4 Å². The number of nitrogens with one attached hydrogen (secondary N) is 1. The van der Waals surface area contributed by atoms with Crippen molar-refractivity contribution in [3.63, 3.8) is 0 Å². The van der Waals surface area contributed by atoms with Crippen molar-refractivity contribution >= 4 is 54.9 Å². The predicted molar refractivity (Wildman–Crippen MR) is 134 cm³/mol. The topological polar surface area (TPSA) is 88.6 Å². The molecule has 1 aliphatic rings. The monoisotopic (exact) mass is 505 g/mol. The highest BCUT2D eigenvalue weighted by Gasteiger charge is 2.29. The minimum absolute atomic E-state index is 0.134. The van der Waals surface area contributed by atoms with E-state index < -0.39 is 10.0 Å². The summed E-state index contributed by atoms with van der Waals surface area (Å²) in [4.78, 5) is 17.4. The molecule has 1 fully saturated rings. The van der Waals surface area contributed by atoms with Crippen LogP contribution in [0.15, 0.2) is 45.6 Å². The van der Waals surface area contributed by atoms with E-state index in [9.17, 15) is 13.2 Å². The fourth-order valence-corrected chi connectivity index (χ4v) is 7.35. The van der Waals surface area contributed by atoms with Crippen molar-refractivity contribution in [1.82, 2.24) is 9.29 Å². The minimum atomic E-state index is -3.66. The number of sulfonamides is 1. The summed E-state index contributed by atoms with van der Waals surface area (Å²) >= 11 is 2.84. The second kappa shape index (κ2) is 10.4. The molecule has 7 nitrogen and oxygen atoms in total. The number of ether oxygens (including phenoxy) is 1. The number of carbonyl (C=O) groups is 1. The summed E-state index contributed by atoms with van der Waals surface area (Å²) in [7, 11) is -3.66. The average Bonchev–Trinajstić information content (AvgIpc) is 3.22. The van der Waals surface area contributed by atoms with Gasteiger partial charge in [0.1, 0.15) is 10.6 Å². The summed E-state index contributed by atoms with van der Waals surface area (Å²) in [6.07, 6.45) is 2.76. The van der Waals surface area contributed by atoms with Crippen LogP contribution in [0.25, 0.3) is 10.2 Å². The molecule has 4 rings (SSSR count). The van der Waals surface area contributed by atoms with Crippen LogP contribution >= 0.6 is 23.1 Å². The van der Waals surface area contributed by atoms with Crippen molar-refractivity contribution in [2.45, 2.75) is 42.3 Å². The third-order valence-corrected chi connectivity index (χ3v) is 9.42. The molecular formula is C23H27N3O4S3. The van der Waals surface area contributed by atoms with Gasteiger partial charge in [0.15, 0.2) is 4.34 Å².